The van der Waals surface area contributed by atoms with Crippen LogP contribution in [0.3, 0.4) is 0 Å². The summed E-state index contributed by atoms with van der Waals surface area (Å²) in [6, 6.07) is 15.3. The van der Waals surface area contributed by atoms with Crippen molar-refractivity contribution < 1.29 is 18.7 Å². The number of carbonyl (C=O) groups is 1. The molecule has 0 aliphatic heterocycles. The van der Waals surface area contributed by atoms with E-state index in [1.54, 1.807) is 24.3 Å². The van der Waals surface area contributed by atoms with Gasteiger partial charge in [-0.2, -0.15) is 4.52 Å². The molecule has 2 heterocycles. The summed E-state index contributed by atoms with van der Waals surface area (Å²) in [6.07, 6.45) is 0. The number of carbonyl (C=O) groups excluding carboxylic acids is 1. The van der Waals surface area contributed by atoms with Crippen LogP contribution >= 0.6 is 0 Å². The summed E-state index contributed by atoms with van der Waals surface area (Å²) in [7, 11) is 0. The van der Waals surface area contributed by atoms with Gasteiger partial charge < -0.3 is 14.8 Å². The SMILES string of the molecule is Cc1ccc(C(C)C)c(OCC(=O)NCCOc2ccc3nnc(-c4ccc(F)cc4)n3n2)c1. The second kappa shape index (κ2) is 10.3. The summed E-state index contributed by atoms with van der Waals surface area (Å²) in [5.41, 5.74) is 3.36. The molecule has 8 nitrogen and oxygen atoms in total. The molecule has 0 saturated carbocycles. The van der Waals surface area contributed by atoms with Gasteiger partial charge in [-0.25, -0.2) is 4.39 Å². The first kappa shape index (κ1) is 23.2. The van der Waals surface area contributed by atoms with E-state index >= 15 is 0 Å². The highest BCUT2D eigenvalue weighted by Gasteiger charge is 2.12. The minimum atomic E-state index is -0.332. The van der Waals surface area contributed by atoms with Crippen LogP contribution < -0.4 is 14.8 Å². The number of amides is 1. The first-order chi connectivity index (χ1) is 16.4. The third-order valence-corrected chi connectivity index (χ3v) is 5.16. The van der Waals surface area contributed by atoms with Crippen LogP contribution in [0.1, 0.15) is 30.9 Å². The summed E-state index contributed by atoms with van der Waals surface area (Å²) in [5.74, 6) is 1.28. The Hall–Kier alpha value is -4.01. The van der Waals surface area contributed by atoms with Crippen molar-refractivity contribution in [1.29, 1.82) is 0 Å². The Labute approximate surface area is 196 Å². The van der Waals surface area contributed by atoms with Crippen LogP contribution in [0.15, 0.2) is 54.6 Å². The van der Waals surface area contributed by atoms with Crippen LogP contribution in [0.5, 0.6) is 11.6 Å². The van der Waals surface area contributed by atoms with Gasteiger partial charge in [-0.3, -0.25) is 4.79 Å². The van der Waals surface area contributed by atoms with Crippen LogP contribution in [0.25, 0.3) is 17.0 Å². The average Bonchev–Trinajstić information content (AvgIpc) is 3.24. The minimum Gasteiger partial charge on any atom is -0.483 e. The highest BCUT2D eigenvalue weighted by Crippen LogP contribution is 2.27. The number of hydrogen-bond donors (Lipinski definition) is 1. The molecule has 0 atom stereocenters. The predicted molar refractivity (Wildman–Crippen MR) is 125 cm³/mol. The summed E-state index contributed by atoms with van der Waals surface area (Å²) >= 11 is 0. The number of rotatable bonds is 9. The molecule has 0 aliphatic rings. The average molecular weight is 464 g/mol. The molecule has 1 N–H and O–H groups in total. The minimum absolute atomic E-state index is 0.0743. The second-order valence-corrected chi connectivity index (χ2v) is 8.16. The molecule has 0 saturated heterocycles. The van der Waals surface area contributed by atoms with Crippen molar-refractivity contribution in [3.05, 3.63) is 71.5 Å². The fraction of sp³-hybridized carbons (Fsp3) is 0.280. The number of ether oxygens (including phenoxy) is 2. The van der Waals surface area contributed by atoms with Crippen molar-refractivity contribution in [3.8, 4) is 23.0 Å². The molecule has 4 aromatic rings. The van der Waals surface area contributed by atoms with Gasteiger partial charge in [-0.05, 0) is 60.4 Å². The van der Waals surface area contributed by atoms with Crippen LogP contribution in [0, 0.1) is 12.7 Å². The Morgan fingerprint density at radius 2 is 1.85 bits per heavy atom. The molecule has 9 heteroatoms. The second-order valence-electron chi connectivity index (χ2n) is 8.16. The van der Waals surface area contributed by atoms with Crippen molar-refractivity contribution in [1.82, 2.24) is 25.1 Å². The van der Waals surface area contributed by atoms with E-state index < -0.39 is 0 Å². The molecule has 2 aromatic carbocycles. The molecule has 0 aliphatic carbocycles. The van der Waals surface area contributed by atoms with Crippen molar-refractivity contribution >= 4 is 11.6 Å². The Bertz CT molecular complexity index is 1290. The molecule has 0 fully saturated rings. The number of hydrogen-bond acceptors (Lipinski definition) is 6. The van der Waals surface area contributed by atoms with E-state index in [9.17, 15) is 9.18 Å². The first-order valence-corrected chi connectivity index (χ1v) is 11.0. The van der Waals surface area contributed by atoms with Gasteiger partial charge in [0.1, 0.15) is 18.2 Å². The number of aromatic nitrogens is 4. The first-order valence-electron chi connectivity index (χ1n) is 11.0. The quantitative estimate of drug-likeness (QED) is 0.378. The van der Waals surface area contributed by atoms with Crippen LogP contribution in [-0.2, 0) is 4.79 Å². The third kappa shape index (κ3) is 5.48. The zero-order valence-electron chi connectivity index (χ0n) is 19.3. The monoisotopic (exact) mass is 463 g/mol. The number of fused-ring (bicyclic) bond motifs is 1. The number of benzene rings is 2. The molecular weight excluding hydrogens is 437 g/mol. The van der Waals surface area contributed by atoms with Gasteiger partial charge in [-0.1, -0.05) is 26.0 Å². The zero-order valence-corrected chi connectivity index (χ0v) is 19.3. The highest BCUT2D eigenvalue weighted by molar-refractivity contribution is 5.77. The van der Waals surface area contributed by atoms with Gasteiger partial charge in [0.2, 0.25) is 5.88 Å². The van der Waals surface area contributed by atoms with Gasteiger partial charge in [0.15, 0.2) is 18.1 Å². The number of halogens is 1. The van der Waals surface area contributed by atoms with Crippen LogP contribution in [0.2, 0.25) is 0 Å². The lowest BCUT2D eigenvalue weighted by Crippen LogP contribution is -2.32. The molecule has 0 spiro atoms. The maximum Gasteiger partial charge on any atom is 0.258 e. The molecule has 0 radical (unpaired) electrons. The van der Waals surface area contributed by atoms with E-state index in [0.29, 0.717) is 35.4 Å². The highest BCUT2D eigenvalue weighted by atomic mass is 19.1. The predicted octanol–water partition coefficient (Wildman–Crippen LogP) is 3.94. The van der Waals surface area contributed by atoms with Gasteiger partial charge in [0, 0.05) is 11.6 Å². The lowest BCUT2D eigenvalue weighted by molar-refractivity contribution is -0.123. The maximum absolute atomic E-state index is 13.2. The molecule has 1 amide bonds. The van der Waals surface area contributed by atoms with Gasteiger partial charge in [0.25, 0.3) is 5.91 Å². The van der Waals surface area contributed by atoms with E-state index in [-0.39, 0.29) is 24.9 Å². The lowest BCUT2D eigenvalue weighted by atomic mass is 10.0. The fourth-order valence-electron chi connectivity index (χ4n) is 3.41. The molecule has 0 bridgehead atoms. The Kier molecular flexibility index (Phi) is 7.01. The molecule has 0 unspecified atom stereocenters. The zero-order chi connectivity index (χ0) is 24.1. The summed E-state index contributed by atoms with van der Waals surface area (Å²) in [4.78, 5) is 12.2. The van der Waals surface area contributed by atoms with Crippen molar-refractivity contribution in [2.75, 3.05) is 19.8 Å². The Morgan fingerprint density at radius 3 is 2.62 bits per heavy atom. The summed E-state index contributed by atoms with van der Waals surface area (Å²) < 4.78 is 26.2. The fourth-order valence-corrected chi connectivity index (χ4v) is 3.41. The summed E-state index contributed by atoms with van der Waals surface area (Å²) in [6.45, 7) is 6.60. The van der Waals surface area contributed by atoms with Crippen molar-refractivity contribution in [3.63, 3.8) is 0 Å². The van der Waals surface area contributed by atoms with E-state index in [4.69, 9.17) is 9.47 Å². The standard InChI is InChI=1S/C25H26FN5O3/c1-16(2)20-9-4-17(3)14-21(20)34-15-23(32)27-12-13-33-24-11-10-22-28-29-25(31(22)30-24)18-5-7-19(26)8-6-18/h4-11,14,16H,12-13,15H2,1-3H3,(H,27,32). The maximum atomic E-state index is 13.2. The number of nitrogens with zero attached hydrogens (tertiary/aromatic N) is 4. The van der Waals surface area contributed by atoms with E-state index in [1.807, 2.05) is 25.1 Å². The molecule has 34 heavy (non-hydrogen) atoms. The smallest absolute Gasteiger partial charge is 0.258 e. The number of nitrogens with one attached hydrogen (secondary N) is 1. The van der Waals surface area contributed by atoms with E-state index in [2.05, 4.69) is 34.5 Å². The Balaban J connectivity index is 1.30. The van der Waals surface area contributed by atoms with E-state index in [0.717, 1.165) is 16.9 Å². The molecule has 176 valence electrons. The number of aryl methyl sites for hydroxylation is 1. The van der Waals surface area contributed by atoms with Gasteiger partial charge in [-0.15, -0.1) is 15.3 Å². The van der Waals surface area contributed by atoms with Crippen molar-refractivity contribution in [2.45, 2.75) is 26.7 Å². The normalized spacial score (nSPS) is 11.1. The van der Waals surface area contributed by atoms with Crippen LogP contribution in [0.4, 0.5) is 4.39 Å². The summed E-state index contributed by atoms with van der Waals surface area (Å²) in [5, 5.41) is 15.4. The van der Waals surface area contributed by atoms with Gasteiger partial charge in [0.05, 0.1) is 6.54 Å². The largest absolute Gasteiger partial charge is 0.483 e. The van der Waals surface area contributed by atoms with Crippen molar-refractivity contribution in [2.24, 2.45) is 0 Å². The lowest BCUT2D eigenvalue weighted by Gasteiger charge is -2.15. The van der Waals surface area contributed by atoms with Gasteiger partial charge >= 0.3 is 0 Å². The Morgan fingerprint density at radius 1 is 1.06 bits per heavy atom. The van der Waals surface area contributed by atoms with E-state index in [1.165, 1.54) is 16.6 Å². The van der Waals surface area contributed by atoms with Crippen LogP contribution in [-0.4, -0.2) is 45.5 Å². The molecule has 4 rings (SSSR count). The molecule has 2 aromatic heterocycles. The molecular formula is C25H26FN5O3. The third-order valence-electron chi connectivity index (χ3n) is 5.16. The topological polar surface area (TPSA) is 90.6 Å².